The lowest BCUT2D eigenvalue weighted by molar-refractivity contribution is -0.387. The Labute approximate surface area is 163 Å². The first-order valence-electron chi connectivity index (χ1n) is 7.97. The van der Waals surface area contributed by atoms with E-state index in [1.165, 1.54) is 35.2 Å². The van der Waals surface area contributed by atoms with Crippen molar-refractivity contribution >= 4 is 37.4 Å². The molecule has 8 nitrogen and oxygen atoms in total. The summed E-state index contributed by atoms with van der Waals surface area (Å²) in [6, 6.07) is 9.22. The van der Waals surface area contributed by atoms with E-state index in [4.69, 9.17) is 4.74 Å². The lowest BCUT2D eigenvalue weighted by Gasteiger charge is -2.26. The summed E-state index contributed by atoms with van der Waals surface area (Å²) < 4.78 is 31.5. The lowest BCUT2D eigenvalue weighted by atomic mass is 10.1. The fourth-order valence-corrected chi connectivity index (χ4v) is 4.38. The molecule has 0 saturated carbocycles. The van der Waals surface area contributed by atoms with Crippen molar-refractivity contribution in [3.05, 3.63) is 62.6 Å². The fourth-order valence-electron chi connectivity index (χ4n) is 2.71. The van der Waals surface area contributed by atoms with Crippen LogP contribution in [0.4, 0.5) is 5.69 Å². The van der Waals surface area contributed by atoms with Gasteiger partial charge >= 0.3 is 0 Å². The van der Waals surface area contributed by atoms with Crippen molar-refractivity contribution in [2.45, 2.75) is 9.79 Å². The number of hydrogen-bond donors (Lipinski definition) is 0. The summed E-state index contributed by atoms with van der Waals surface area (Å²) in [5, 5.41) is 11.5. The Morgan fingerprint density at radius 1 is 1.11 bits per heavy atom. The molecule has 0 unspecified atom stereocenters. The molecule has 1 amide bonds. The SMILES string of the molecule is O=C(c1ccc(S(=O)(=O)c2ccc(Br)cc2)c([N+](=O)[O-])c1)N1CCOCC1. The minimum absolute atomic E-state index is 0.0679. The molecule has 2 aromatic carbocycles. The van der Waals surface area contributed by atoms with Crippen LogP contribution in [0.2, 0.25) is 0 Å². The van der Waals surface area contributed by atoms with Gasteiger partial charge in [0.25, 0.3) is 11.6 Å². The second-order valence-corrected chi connectivity index (χ2v) is 8.64. The van der Waals surface area contributed by atoms with E-state index in [1.807, 2.05) is 0 Å². The molecule has 1 fully saturated rings. The molecule has 0 N–H and O–H groups in total. The molecule has 10 heteroatoms. The minimum Gasteiger partial charge on any atom is -0.378 e. The Hall–Kier alpha value is -2.30. The van der Waals surface area contributed by atoms with Crippen LogP contribution in [0.3, 0.4) is 0 Å². The van der Waals surface area contributed by atoms with Gasteiger partial charge < -0.3 is 9.64 Å². The Kier molecular flexibility index (Phi) is 5.59. The second kappa shape index (κ2) is 7.75. The molecular formula is C17H15BrN2O6S. The van der Waals surface area contributed by atoms with Crippen LogP contribution < -0.4 is 0 Å². The van der Waals surface area contributed by atoms with Gasteiger partial charge in [0.1, 0.15) is 4.90 Å². The van der Waals surface area contributed by atoms with Crippen LogP contribution in [0.1, 0.15) is 10.4 Å². The van der Waals surface area contributed by atoms with Gasteiger partial charge in [-0.25, -0.2) is 8.42 Å². The zero-order valence-corrected chi connectivity index (χ0v) is 16.4. The number of carbonyl (C=O) groups is 1. The zero-order valence-electron chi connectivity index (χ0n) is 14.0. The average molecular weight is 455 g/mol. The van der Waals surface area contributed by atoms with E-state index in [2.05, 4.69) is 15.9 Å². The smallest absolute Gasteiger partial charge is 0.289 e. The Morgan fingerprint density at radius 2 is 1.74 bits per heavy atom. The molecular weight excluding hydrogens is 440 g/mol. The summed E-state index contributed by atoms with van der Waals surface area (Å²) in [4.78, 5) is 24.2. The largest absolute Gasteiger partial charge is 0.378 e. The van der Waals surface area contributed by atoms with E-state index < -0.39 is 31.3 Å². The summed E-state index contributed by atoms with van der Waals surface area (Å²) in [7, 11) is -4.11. The summed E-state index contributed by atoms with van der Waals surface area (Å²) in [6.45, 7) is 1.55. The van der Waals surface area contributed by atoms with Crippen LogP contribution in [0, 0.1) is 10.1 Å². The third-order valence-electron chi connectivity index (χ3n) is 4.11. The third-order valence-corrected chi connectivity index (χ3v) is 6.46. The summed E-state index contributed by atoms with van der Waals surface area (Å²) in [5.41, 5.74) is -0.560. The van der Waals surface area contributed by atoms with Crippen molar-refractivity contribution in [2.75, 3.05) is 26.3 Å². The van der Waals surface area contributed by atoms with Crippen LogP contribution >= 0.6 is 15.9 Å². The topological polar surface area (TPSA) is 107 Å². The van der Waals surface area contributed by atoms with Gasteiger partial charge in [0.05, 0.1) is 23.0 Å². The zero-order chi connectivity index (χ0) is 19.6. The minimum atomic E-state index is -4.11. The highest BCUT2D eigenvalue weighted by Gasteiger charge is 2.30. The summed E-state index contributed by atoms with van der Waals surface area (Å²) in [5.74, 6) is -0.394. The van der Waals surface area contributed by atoms with Gasteiger partial charge in [0.15, 0.2) is 0 Å². The maximum Gasteiger partial charge on any atom is 0.289 e. The molecule has 3 rings (SSSR count). The number of benzene rings is 2. The van der Waals surface area contributed by atoms with Crippen LogP contribution in [-0.4, -0.2) is 50.5 Å². The monoisotopic (exact) mass is 454 g/mol. The number of morpholine rings is 1. The van der Waals surface area contributed by atoms with Crippen LogP contribution in [0.15, 0.2) is 56.7 Å². The van der Waals surface area contributed by atoms with Gasteiger partial charge in [0, 0.05) is 29.2 Å². The Balaban J connectivity index is 2.02. The number of sulfone groups is 1. The standard InChI is InChI=1S/C17H15BrN2O6S/c18-13-2-4-14(5-3-13)27(24,25)16-6-1-12(11-15(16)20(22)23)17(21)19-7-9-26-10-8-19/h1-6,11H,7-10H2. The predicted molar refractivity (Wildman–Crippen MR) is 99.4 cm³/mol. The predicted octanol–water partition coefficient (Wildman–Crippen LogP) is 2.66. The first-order chi connectivity index (χ1) is 12.8. The van der Waals surface area contributed by atoms with Crippen LogP contribution in [-0.2, 0) is 14.6 Å². The van der Waals surface area contributed by atoms with Gasteiger partial charge in [0.2, 0.25) is 9.84 Å². The van der Waals surface area contributed by atoms with Crippen LogP contribution in [0.25, 0.3) is 0 Å². The van der Waals surface area contributed by atoms with E-state index in [0.717, 1.165) is 12.1 Å². The molecule has 1 saturated heterocycles. The summed E-state index contributed by atoms with van der Waals surface area (Å²) in [6.07, 6.45) is 0. The normalized spacial score (nSPS) is 14.8. The number of nitrogens with zero attached hydrogens (tertiary/aromatic N) is 2. The number of nitro benzene ring substituents is 1. The number of carbonyl (C=O) groups excluding carboxylic acids is 1. The highest BCUT2D eigenvalue weighted by Crippen LogP contribution is 2.31. The Morgan fingerprint density at radius 3 is 2.33 bits per heavy atom. The third kappa shape index (κ3) is 4.02. The van der Waals surface area contributed by atoms with Gasteiger partial charge in [-0.05, 0) is 36.4 Å². The van der Waals surface area contributed by atoms with Crippen molar-refractivity contribution in [3.63, 3.8) is 0 Å². The number of halogens is 1. The molecule has 0 radical (unpaired) electrons. The number of amides is 1. The molecule has 0 aliphatic carbocycles. The molecule has 0 spiro atoms. The summed E-state index contributed by atoms with van der Waals surface area (Å²) >= 11 is 3.22. The van der Waals surface area contributed by atoms with Crippen molar-refractivity contribution in [1.82, 2.24) is 4.90 Å². The number of nitro groups is 1. The Bertz CT molecular complexity index is 985. The highest BCUT2D eigenvalue weighted by molar-refractivity contribution is 9.10. The van der Waals surface area contributed by atoms with Crippen molar-refractivity contribution < 1.29 is 22.9 Å². The maximum absolute atomic E-state index is 12.8. The number of ether oxygens (including phenoxy) is 1. The van der Waals surface area contributed by atoms with Gasteiger partial charge in [-0.2, -0.15) is 0 Å². The van der Waals surface area contributed by atoms with E-state index >= 15 is 0 Å². The van der Waals surface area contributed by atoms with E-state index in [-0.39, 0.29) is 10.5 Å². The van der Waals surface area contributed by atoms with Crippen molar-refractivity contribution in [3.8, 4) is 0 Å². The number of hydrogen-bond acceptors (Lipinski definition) is 6. The van der Waals surface area contributed by atoms with Gasteiger partial charge in [-0.3, -0.25) is 14.9 Å². The maximum atomic E-state index is 12.8. The van der Waals surface area contributed by atoms with Gasteiger partial charge in [-0.1, -0.05) is 15.9 Å². The fraction of sp³-hybridized carbons (Fsp3) is 0.235. The van der Waals surface area contributed by atoms with E-state index in [1.54, 1.807) is 0 Å². The van der Waals surface area contributed by atoms with Crippen molar-refractivity contribution in [1.29, 1.82) is 0 Å². The first kappa shape index (κ1) is 19.5. The molecule has 27 heavy (non-hydrogen) atoms. The molecule has 0 bridgehead atoms. The first-order valence-corrected chi connectivity index (χ1v) is 10.2. The quantitative estimate of drug-likeness (QED) is 0.519. The lowest BCUT2D eigenvalue weighted by Crippen LogP contribution is -2.40. The second-order valence-electron chi connectivity index (χ2n) is 5.80. The molecule has 1 heterocycles. The van der Waals surface area contributed by atoms with Crippen molar-refractivity contribution in [2.24, 2.45) is 0 Å². The molecule has 1 aliphatic rings. The average Bonchev–Trinajstić information content (AvgIpc) is 2.68. The molecule has 0 atom stereocenters. The molecule has 0 aromatic heterocycles. The van der Waals surface area contributed by atoms with E-state index in [0.29, 0.717) is 30.8 Å². The van der Waals surface area contributed by atoms with Gasteiger partial charge in [-0.15, -0.1) is 0 Å². The van der Waals surface area contributed by atoms with E-state index in [9.17, 15) is 23.3 Å². The number of rotatable bonds is 4. The molecule has 1 aliphatic heterocycles. The highest BCUT2D eigenvalue weighted by atomic mass is 79.9. The molecule has 2 aromatic rings. The molecule has 142 valence electrons. The van der Waals surface area contributed by atoms with Crippen LogP contribution in [0.5, 0.6) is 0 Å².